The normalized spacial score (nSPS) is 13.7. The zero-order valence-corrected chi connectivity index (χ0v) is 5.99. The molecule has 6 heteroatoms. The molecule has 0 aliphatic heterocycles. The van der Waals surface area contributed by atoms with E-state index in [1.54, 1.807) is 5.32 Å². The molecule has 0 heterocycles. The fourth-order valence-electron chi connectivity index (χ4n) is 0.411. The predicted octanol–water partition coefficient (Wildman–Crippen LogP) is 1.19. The Balaban J connectivity index is 4.02. The van der Waals surface area contributed by atoms with Crippen LogP contribution in [0.3, 0.4) is 0 Å². The third-order valence-electron chi connectivity index (χ3n) is 0.938. The molecule has 1 amide bonds. The van der Waals surface area contributed by atoms with Crippen LogP contribution in [0.1, 0.15) is 0 Å². The lowest BCUT2D eigenvalue weighted by Crippen LogP contribution is -2.41. The second-order valence-corrected chi connectivity index (χ2v) is 1.94. The Morgan fingerprint density at radius 2 is 2.08 bits per heavy atom. The molecule has 1 atom stereocenters. The highest BCUT2D eigenvalue weighted by Gasteiger charge is 2.45. The zero-order chi connectivity index (χ0) is 9.78. The van der Waals surface area contributed by atoms with Gasteiger partial charge in [-0.2, -0.15) is 13.2 Å². The highest BCUT2D eigenvalue weighted by molar-refractivity contribution is 5.81. The van der Waals surface area contributed by atoms with Gasteiger partial charge in [0, 0.05) is 6.54 Å². The minimum atomic E-state index is -5.13. The summed E-state index contributed by atoms with van der Waals surface area (Å²) in [7, 11) is 0. The molecule has 0 bridgehead atoms. The van der Waals surface area contributed by atoms with Crippen molar-refractivity contribution < 1.29 is 22.4 Å². The fraction of sp³-hybridized carbons (Fsp3) is 0.500. The van der Waals surface area contributed by atoms with Crippen molar-refractivity contribution in [3.8, 4) is 0 Å². The summed E-state index contributed by atoms with van der Waals surface area (Å²) in [4.78, 5) is 10.3. The SMILES string of the molecule is C=CCNC(=O)C(F)C(F)(F)F. The molecule has 0 fully saturated rings. The first-order valence-corrected chi connectivity index (χ1v) is 2.99. The van der Waals surface area contributed by atoms with Gasteiger partial charge >= 0.3 is 6.18 Å². The zero-order valence-electron chi connectivity index (χ0n) is 5.99. The average Bonchev–Trinajstić information content (AvgIpc) is 1.97. The van der Waals surface area contributed by atoms with Crippen molar-refractivity contribution in [1.82, 2.24) is 5.32 Å². The van der Waals surface area contributed by atoms with E-state index in [0.29, 0.717) is 0 Å². The summed E-state index contributed by atoms with van der Waals surface area (Å²) in [6.07, 6.45) is -7.44. The van der Waals surface area contributed by atoms with Gasteiger partial charge in [-0.3, -0.25) is 4.79 Å². The summed E-state index contributed by atoms with van der Waals surface area (Å²) < 4.78 is 46.5. The summed E-state index contributed by atoms with van der Waals surface area (Å²) in [6.45, 7) is 2.95. The van der Waals surface area contributed by atoms with E-state index in [-0.39, 0.29) is 6.54 Å². The monoisotopic (exact) mass is 185 g/mol. The summed E-state index contributed by atoms with van der Waals surface area (Å²) in [5.74, 6) is -1.69. The lowest BCUT2D eigenvalue weighted by Gasteiger charge is -2.10. The van der Waals surface area contributed by atoms with Gasteiger partial charge in [0.15, 0.2) is 0 Å². The second kappa shape index (κ2) is 4.08. The van der Waals surface area contributed by atoms with Crippen LogP contribution < -0.4 is 5.32 Å². The van der Waals surface area contributed by atoms with Gasteiger partial charge in [0.1, 0.15) is 0 Å². The third kappa shape index (κ3) is 3.36. The Bertz CT molecular complexity index is 177. The van der Waals surface area contributed by atoms with Crippen LogP contribution in [0.5, 0.6) is 0 Å². The minimum absolute atomic E-state index is 0.185. The number of hydrogen-bond acceptors (Lipinski definition) is 1. The molecule has 0 aliphatic carbocycles. The number of rotatable bonds is 3. The summed E-state index contributed by atoms with van der Waals surface area (Å²) in [6, 6.07) is 0. The molecular weight excluding hydrogens is 178 g/mol. The minimum Gasteiger partial charge on any atom is -0.350 e. The van der Waals surface area contributed by atoms with Crippen molar-refractivity contribution in [2.75, 3.05) is 6.54 Å². The first-order valence-electron chi connectivity index (χ1n) is 2.99. The van der Waals surface area contributed by atoms with E-state index in [4.69, 9.17) is 0 Å². The molecular formula is C6H7F4NO. The third-order valence-corrected chi connectivity index (χ3v) is 0.938. The number of amides is 1. The maximum Gasteiger partial charge on any atom is 0.428 e. The molecule has 0 saturated carbocycles. The van der Waals surface area contributed by atoms with Gasteiger partial charge in [-0.1, -0.05) is 6.08 Å². The first-order chi connectivity index (χ1) is 5.39. The smallest absolute Gasteiger partial charge is 0.350 e. The van der Waals surface area contributed by atoms with Gasteiger partial charge in [0.2, 0.25) is 0 Å². The summed E-state index contributed by atoms with van der Waals surface area (Å²) in [5, 5.41) is 1.69. The topological polar surface area (TPSA) is 29.1 Å². The predicted molar refractivity (Wildman–Crippen MR) is 34.2 cm³/mol. The van der Waals surface area contributed by atoms with Crippen LogP contribution in [0.25, 0.3) is 0 Å². The Morgan fingerprint density at radius 1 is 1.58 bits per heavy atom. The summed E-state index contributed by atoms with van der Waals surface area (Å²) in [5.41, 5.74) is 0. The van der Waals surface area contributed by atoms with Crippen LogP contribution in [0, 0.1) is 0 Å². The lowest BCUT2D eigenvalue weighted by molar-refractivity contribution is -0.186. The van der Waals surface area contributed by atoms with Crippen molar-refractivity contribution in [3.05, 3.63) is 12.7 Å². The molecule has 2 nitrogen and oxygen atoms in total. The van der Waals surface area contributed by atoms with Crippen molar-refractivity contribution in [3.63, 3.8) is 0 Å². The quantitative estimate of drug-likeness (QED) is 0.519. The average molecular weight is 185 g/mol. The van der Waals surface area contributed by atoms with Crippen LogP contribution in [0.2, 0.25) is 0 Å². The fourth-order valence-corrected chi connectivity index (χ4v) is 0.411. The first kappa shape index (κ1) is 10.9. The molecule has 0 rings (SSSR count). The van der Waals surface area contributed by atoms with E-state index >= 15 is 0 Å². The van der Waals surface area contributed by atoms with Crippen molar-refractivity contribution in [1.29, 1.82) is 0 Å². The van der Waals surface area contributed by atoms with Crippen molar-refractivity contribution in [2.24, 2.45) is 0 Å². The van der Waals surface area contributed by atoms with E-state index in [2.05, 4.69) is 6.58 Å². The van der Waals surface area contributed by atoms with Gasteiger partial charge in [0.25, 0.3) is 12.1 Å². The largest absolute Gasteiger partial charge is 0.428 e. The van der Waals surface area contributed by atoms with E-state index in [1.807, 2.05) is 0 Å². The maximum atomic E-state index is 12.1. The second-order valence-electron chi connectivity index (χ2n) is 1.94. The molecule has 0 aromatic rings. The van der Waals surface area contributed by atoms with Crippen LogP contribution in [0.15, 0.2) is 12.7 Å². The van der Waals surface area contributed by atoms with Crippen LogP contribution in [0.4, 0.5) is 17.6 Å². The molecule has 0 aromatic carbocycles. The van der Waals surface area contributed by atoms with Crippen LogP contribution in [-0.2, 0) is 4.79 Å². The van der Waals surface area contributed by atoms with Gasteiger partial charge in [-0.25, -0.2) is 4.39 Å². The van der Waals surface area contributed by atoms with Crippen LogP contribution >= 0.6 is 0 Å². The number of hydrogen-bond donors (Lipinski definition) is 1. The number of carbonyl (C=O) groups is 1. The number of carbonyl (C=O) groups excluding carboxylic acids is 1. The van der Waals surface area contributed by atoms with Gasteiger partial charge < -0.3 is 5.32 Å². The molecule has 0 saturated heterocycles. The maximum absolute atomic E-state index is 12.1. The molecule has 0 spiro atoms. The van der Waals surface area contributed by atoms with Crippen molar-refractivity contribution >= 4 is 5.91 Å². The Kier molecular flexibility index (Phi) is 3.72. The molecule has 1 N–H and O–H groups in total. The molecule has 12 heavy (non-hydrogen) atoms. The van der Waals surface area contributed by atoms with E-state index in [9.17, 15) is 22.4 Å². The number of nitrogens with one attached hydrogen (secondary N) is 1. The molecule has 70 valence electrons. The van der Waals surface area contributed by atoms with Crippen molar-refractivity contribution in [2.45, 2.75) is 12.3 Å². The molecule has 0 aliphatic rings. The van der Waals surface area contributed by atoms with Crippen LogP contribution in [-0.4, -0.2) is 24.8 Å². The van der Waals surface area contributed by atoms with Gasteiger partial charge in [-0.15, -0.1) is 6.58 Å². The Labute approximate surface area is 66.2 Å². The lowest BCUT2D eigenvalue weighted by atomic mass is 10.3. The highest BCUT2D eigenvalue weighted by atomic mass is 19.4. The highest BCUT2D eigenvalue weighted by Crippen LogP contribution is 2.22. The van der Waals surface area contributed by atoms with E-state index < -0.39 is 18.3 Å². The van der Waals surface area contributed by atoms with E-state index in [1.165, 1.54) is 0 Å². The molecule has 0 radical (unpaired) electrons. The Morgan fingerprint density at radius 3 is 2.42 bits per heavy atom. The van der Waals surface area contributed by atoms with Gasteiger partial charge in [-0.05, 0) is 0 Å². The number of halogens is 4. The Hall–Kier alpha value is -1.07. The van der Waals surface area contributed by atoms with E-state index in [0.717, 1.165) is 6.08 Å². The van der Waals surface area contributed by atoms with Gasteiger partial charge in [0.05, 0.1) is 0 Å². The molecule has 0 aromatic heterocycles. The number of alkyl halides is 4. The standard InChI is InChI=1S/C6H7F4NO/c1-2-3-11-5(12)4(7)6(8,9)10/h2,4H,1,3H2,(H,11,12). The summed E-state index contributed by atoms with van der Waals surface area (Å²) >= 11 is 0. The molecule has 1 unspecified atom stereocenters.